The van der Waals surface area contributed by atoms with Crippen LogP contribution in [-0.4, -0.2) is 46.9 Å². The summed E-state index contributed by atoms with van der Waals surface area (Å²) in [5.74, 6) is -0.529. The average molecular weight is 800 g/mol. The van der Waals surface area contributed by atoms with E-state index in [1.807, 2.05) is 0 Å². The highest BCUT2D eigenvalue weighted by atomic mass is 16.5. The summed E-state index contributed by atoms with van der Waals surface area (Å²) in [6.07, 6.45) is 53.2. The molecule has 332 valence electrons. The fourth-order valence-corrected chi connectivity index (χ4v) is 7.23. The average Bonchev–Trinajstić information content (AvgIpc) is 3.20. The zero-order valence-electron chi connectivity index (χ0n) is 37.7. The van der Waals surface area contributed by atoms with Gasteiger partial charge in [0.1, 0.15) is 6.10 Å². The van der Waals surface area contributed by atoms with Gasteiger partial charge in [-0.05, 0) is 70.6 Å². The molecule has 57 heavy (non-hydrogen) atoms. The number of allylic oxidation sites excluding steroid dienone is 8. The lowest BCUT2D eigenvalue weighted by Crippen LogP contribution is -2.46. The third-order valence-electron chi connectivity index (χ3n) is 10.9. The van der Waals surface area contributed by atoms with Crippen molar-refractivity contribution in [3.05, 3.63) is 48.6 Å². The second-order valence-electron chi connectivity index (χ2n) is 16.5. The van der Waals surface area contributed by atoms with E-state index in [4.69, 9.17) is 4.74 Å². The van der Waals surface area contributed by atoms with Crippen molar-refractivity contribution in [2.75, 3.05) is 6.61 Å². The van der Waals surface area contributed by atoms with Gasteiger partial charge in [0.2, 0.25) is 5.91 Å². The van der Waals surface area contributed by atoms with E-state index in [0.717, 1.165) is 77.0 Å². The van der Waals surface area contributed by atoms with Crippen LogP contribution in [0, 0.1) is 0 Å². The van der Waals surface area contributed by atoms with Gasteiger partial charge in [0, 0.05) is 6.42 Å². The number of nitrogens with one attached hydrogen (secondary N) is 1. The number of unbranched alkanes of at least 4 members (excludes halogenated alkanes) is 24. The molecule has 0 aliphatic heterocycles. The molecule has 0 spiro atoms. The lowest BCUT2D eigenvalue weighted by molar-refractivity contribution is -0.151. The van der Waals surface area contributed by atoms with E-state index in [1.165, 1.54) is 116 Å². The van der Waals surface area contributed by atoms with Crippen molar-refractivity contribution in [3.8, 4) is 0 Å². The van der Waals surface area contributed by atoms with E-state index in [9.17, 15) is 19.8 Å². The summed E-state index contributed by atoms with van der Waals surface area (Å²) in [4.78, 5) is 26.0. The quantitative estimate of drug-likeness (QED) is 0.0247. The van der Waals surface area contributed by atoms with E-state index < -0.39 is 18.2 Å². The molecule has 0 aromatic carbocycles. The number of hydrogen-bond donors (Lipinski definition) is 3. The van der Waals surface area contributed by atoms with Gasteiger partial charge in [0.05, 0.1) is 25.2 Å². The third kappa shape index (κ3) is 40.4. The number of aliphatic hydroxyl groups is 2. The predicted octanol–water partition coefficient (Wildman–Crippen LogP) is 14.3. The first-order valence-corrected chi connectivity index (χ1v) is 24.4. The Labute approximate surface area is 353 Å². The van der Waals surface area contributed by atoms with Crippen LogP contribution < -0.4 is 5.32 Å². The number of carbonyl (C=O) groups is 2. The molecule has 0 rings (SSSR count). The van der Waals surface area contributed by atoms with Crippen molar-refractivity contribution in [1.82, 2.24) is 5.32 Å². The van der Waals surface area contributed by atoms with Crippen LogP contribution in [0.15, 0.2) is 48.6 Å². The molecule has 1 amide bonds. The number of esters is 1. The molecule has 0 heterocycles. The van der Waals surface area contributed by atoms with Gasteiger partial charge in [-0.25, -0.2) is 0 Å². The summed E-state index contributed by atoms with van der Waals surface area (Å²) in [7, 11) is 0. The first-order chi connectivity index (χ1) is 28.0. The van der Waals surface area contributed by atoms with Crippen LogP contribution in [0.2, 0.25) is 0 Å². The molecule has 0 aromatic rings. The minimum Gasteiger partial charge on any atom is -0.462 e. The van der Waals surface area contributed by atoms with Gasteiger partial charge < -0.3 is 20.3 Å². The molecular formula is C51H93NO5. The van der Waals surface area contributed by atoms with Crippen LogP contribution in [-0.2, 0) is 14.3 Å². The van der Waals surface area contributed by atoms with E-state index in [2.05, 4.69) is 74.7 Å². The summed E-state index contributed by atoms with van der Waals surface area (Å²) in [6.45, 7) is 6.34. The summed E-state index contributed by atoms with van der Waals surface area (Å²) < 4.78 is 5.89. The van der Waals surface area contributed by atoms with Crippen molar-refractivity contribution in [1.29, 1.82) is 0 Å². The second kappa shape index (κ2) is 44.9. The Balaban J connectivity index is 4.67. The van der Waals surface area contributed by atoms with Crippen molar-refractivity contribution in [2.45, 2.75) is 257 Å². The predicted molar refractivity (Wildman–Crippen MR) is 245 cm³/mol. The minimum absolute atomic E-state index is 0.0416. The van der Waals surface area contributed by atoms with Gasteiger partial charge in [-0.15, -0.1) is 0 Å². The lowest BCUT2D eigenvalue weighted by Gasteiger charge is -2.24. The number of carbonyl (C=O) groups excluding carboxylic acids is 2. The van der Waals surface area contributed by atoms with E-state index in [1.54, 1.807) is 0 Å². The Morgan fingerprint density at radius 3 is 1.56 bits per heavy atom. The minimum atomic E-state index is -0.798. The normalized spacial score (nSPS) is 13.7. The fraction of sp³-hybridized carbons (Fsp3) is 0.804. The van der Waals surface area contributed by atoms with Crippen molar-refractivity contribution < 1.29 is 24.5 Å². The van der Waals surface area contributed by atoms with Crippen LogP contribution in [0.5, 0.6) is 0 Å². The molecule has 0 aromatic heterocycles. The Morgan fingerprint density at radius 1 is 0.544 bits per heavy atom. The molecule has 3 unspecified atom stereocenters. The molecule has 0 radical (unpaired) electrons. The first-order valence-electron chi connectivity index (χ1n) is 24.4. The van der Waals surface area contributed by atoms with Crippen LogP contribution in [0.4, 0.5) is 0 Å². The Kier molecular flexibility index (Phi) is 43.2. The van der Waals surface area contributed by atoms with Crippen LogP contribution >= 0.6 is 0 Å². The molecule has 6 heteroatoms. The molecule has 0 bridgehead atoms. The number of aliphatic hydroxyl groups excluding tert-OH is 2. The fourth-order valence-electron chi connectivity index (χ4n) is 7.23. The number of ether oxygens (including phenoxy) is 1. The van der Waals surface area contributed by atoms with Gasteiger partial charge in [0.25, 0.3) is 0 Å². The zero-order chi connectivity index (χ0) is 41.7. The SMILES string of the molecule is CC/C=C/C/C=C/CCCCCCCCCC(=O)OC(CCC/C=C/C=C/CCCCCCCCC)CC(=O)NC(CO)C(O)CCCCCCCCCCCC. The van der Waals surface area contributed by atoms with Crippen LogP contribution in [0.25, 0.3) is 0 Å². The topological polar surface area (TPSA) is 95.9 Å². The maximum Gasteiger partial charge on any atom is 0.306 e. The lowest BCUT2D eigenvalue weighted by atomic mass is 10.0. The highest BCUT2D eigenvalue weighted by Gasteiger charge is 2.24. The largest absolute Gasteiger partial charge is 0.462 e. The molecule has 0 saturated heterocycles. The molecule has 3 N–H and O–H groups in total. The molecule has 0 aliphatic rings. The standard InChI is InChI=1S/C51H93NO5/c1-4-7-10-13-16-19-22-24-26-28-30-33-36-39-42-47(57-51(56)44-41-38-35-32-29-27-25-23-20-17-14-11-8-5-2)45-50(55)52-48(46-53)49(54)43-40-37-34-31-21-18-15-12-9-6-3/h8,11,17,20,26,28,30,33,47-49,53-54H,4-7,9-10,12-16,18-19,21-25,27,29,31-32,34-46H2,1-3H3,(H,52,55)/b11-8+,20-17+,28-26+,33-30+. The van der Waals surface area contributed by atoms with Crippen molar-refractivity contribution in [2.24, 2.45) is 0 Å². The maximum absolute atomic E-state index is 13.1. The van der Waals surface area contributed by atoms with Gasteiger partial charge in [-0.3, -0.25) is 9.59 Å². The zero-order valence-corrected chi connectivity index (χ0v) is 37.7. The molecule has 0 saturated carbocycles. The monoisotopic (exact) mass is 800 g/mol. The van der Waals surface area contributed by atoms with Gasteiger partial charge in [0.15, 0.2) is 0 Å². The number of amides is 1. The van der Waals surface area contributed by atoms with Crippen molar-refractivity contribution >= 4 is 11.9 Å². The first kappa shape index (κ1) is 54.8. The Hall–Kier alpha value is -2.18. The van der Waals surface area contributed by atoms with E-state index in [0.29, 0.717) is 19.3 Å². The van der Waals surface area contributed by atoms with E-state index in [-0.39, 0.29) is 24.9 Å². The third-order valence-corrected chi connectivity index (χ3v) is 10.9. The van der Waals surface area contributed by atoms with Crippen molar-refractivity contribution in [3.63, 3.8) is 0 Å². The molecule has 6 nitrogen and oxygen atoms in total. The Bertz CT molecular complexity index is 988. The van der Waals surface area contributed by atoms with Crippen LogP contribution in [0.1, 0.15) is 239 Å². The Morgan fingerprint density at radius 2 is 1.02 bits per heavy atom. The molecule has 0 aliphatic carbocycles. The highest BCUT2D eigenvalue weighted by Crippen LogP contribution is 2.17. The second-order valence-corrected chi connectivity index (χ2v) is 16.5. The maximum atomic E-state index is 13.1. The summed E-state index contributed by atoms with van der Waals surface area (Å²) in [5.41, 5.74) is 0. The smallest absolute Gasteiger partial charge is 0.306 e. The van der Waals surface area contributed by atoms with Crippen LogP contribution in [0.3, 0.4) is 0 Å². The summed E-state index contributed by atoms with van der Waals surface area (Å²) in [6, 6.07) is -0.715. The number of hydrogen-bond acceptors (Lipinski definition) is 5. The summed E-state index contributed by atoms with van der Waals surface area (Å²) in [5, 5.41) is 23.6. The summed E-state index contributed by atoms with van der Waals surface area (Å²) >= 11 is 0. The number of rotatable bonds is 43. The molecular weight excluding hydrogens is 707 g/mol. The highest BCUT2D eigenvalue weighted by molar-refractivity contribution is 5.77. The van der Waals surface area contributed by atoms with Gasteiger partial charge >= 0.3 is 5.97 Å². The van der Waals surface area contributed by atoms with Gasteiger partial charge in [-0.2, -0.15) is 0 Å². The molecule has 0 fully saturated rings. The van der Waals surface area contributed by atoms with E-state index >= 15 is 0 Å². The molecule has 3 atom stereocenters. The van der Waals surface area contributed by atoms with Gasteiger partial charge in [-0.1, -0.05) is 204 Å².